The van der Waals surface area contributed by atoms with Crippen molar-refractivity contribution in [2.75, 3.05) is 0 Å². The van der Waals surface area contributed by atoms with Crippen molar-refractivity contribution in [3.8, 4) is 22.8 Å². The zero-order chi connectivity index (χ0) is 20.2. The number of para-hydroxylation sites is 1. The van der Waals surface area contributed by atoms with E-state index in [-0.39, 0.29) is 17.4 Å². The zero-order valence-electron chi connectivity index (χ0n) is 15.3. The largest absolute Gasteiger partial charge is 0.504 e. The van der Waals surface area contributed by atoms with Gasteiger partial charge in [-0.25, -0.2) is 10.4 Å². The highest BCUT2D eigenvalue weighted by atomic mass is 16.3. The number of fused-ring (bicyclic) bond motifs is 1. The third kappa shape index (κ3) is 3.91. The second kappa shape index (κ2) is 7.82. The molecule has 6 nitrogen and oxygen atoms in total. The number of phenols is 2. The molecule has 0 saturated carbocycles. The average Bonchev–Trinajstić information content (AvgIpc) is 2.76. The fourth-order valence-corrected chi connectivity index (χ4v) is 2.97. The number of phenolic OH excluding ortho intramolecular Hbond substituents is 2. The van der Waals surface area contributed by atoms with E-state index in [2.05, 4.69) is 15.5 Å². The minimum absolute atomic E-state index is 0.220. The Morgan fingerprint density at radius 1 is 0.897 bits per heavy atom. The van der Waals surface area contributed by atoms with Crippen LogP contribution in [0.1, 0.15) is 15.9 Å². The normalized spacial score (nSPS) is 11.0. The quantitative estimate of drug-likeness (QED) is 0.281. The van der Waals surface area contributed by atoms with Crippen LogP contribution in [0.15, 0.2) is 84.0 Å². The van der Waals surface area contributed by atoms with E-state index >= 15 is 0 Å². The van der Waals surface area contributed by atoms with Crippen LogP contribution in [-0.2, 0) is 0 Å². The maximum atomic E-state index is 12.8. The molecule has 4 aromatic rings. The van der Waals surface area contributed by atoms with Crippen molar-refractivity contribution < 1.29 is 15.0 Å². The van der Waals surface area contributed by atoms with Gasteiger partial charge in [-0.2, -0.15) is 5.10 Å². The molecule has 0 bridgehead atoms. The van der Waals surface area contributed by atoms with Crippen LogP contribution in [0.2, 0.25) is 0 Å². The molecule has 3 N–H and O–H groups in total. The second-order valence-electron chi connectivity index (χ2n) is 6.39. The number of carbonyl (C=O) groups excluding carboxylic acids is 1. The Morgan fingerprint density at radius 2 is 1.66 bits per heavy atom. The van der Waals surface area contributed by atoms with Crippen LogP contribution in [0, 0.1) is 0 Å². The van der Waals surface area contributed by atoms with Crippen LogP contribution in [0.3, 0.4) is 0 Å². The van der Waals surface area contributed by atoms with E-state index in [0.717, 1.165) is 10.9 Å². The summed E-state index contributed by atoms with van der Waals surface area (Å²) in [4.78, 5) is 17.5. The van der Waals surface area contributed by atoms with Crippen LogP contribution >= 0.6 is 0 Å². The third-order valence-corrected chi connectivity index (χ3v) is 4.41. The van der Waals surface area contributed by atoms with Crippen molar-refractivity contribution in [2.45, 2.75) is 0 Å². The first-order valence-corrected chi connectivity index (χ1v) is 8.92. The Morgan fingerprint density at radius 3 is 2.45 bits per heavy atom. The summed E-state index contributed by atoms with van der Waals surface area (Å²) < 4.78 is 0. The molecule has 6 heteroatoms. The molecule has 3 aromatic carbocycles. The molecule has 1 heterocycles. The molecule has 0 radical (unpaired) electrons. The lowest BCUT2D eigenvalue weighted by Crippen LogP contribution is -2.18. The highest BCUT2D eigenvalue weighted by molar-refractivity contribution is 6.07. The minimum Gasteiger partial charge on any atom is -0.504 e. The van der Waals surface area contributed by atoms with Crippen molar-refractivity contribution in [2.24, 2.45) is 5.10 Å². The van der Waals surface area contributed by atoms with Gasteiger partial charge in [-0.3, -0.25) is 4.79 Å². The van der Waals surface area contributed by atoms with E-state index < -0.39 is 0 Å². The Labute approximate surface area is 166 Å². The number of hydrogen-bond donors (Lipinski definition) is 3. The van der Waals surface area contributed by atoms with Crippen LogP contribution in [0.4, 0.5) is 0 Å². The number of pyridine rings is 1. The molecular formula is C23H17N3O3. The molecule has 0 aliphatic rings. The summed E-state index contributed by atoms with van der Waals surface area (Å²) in [6, 6.07) is 23.1. The topological polar surface area (TPSA) is 94.8 Å². The predicted molar refractivity (Wildman–Crippen MR) is 112 cm³/mol. The molecule has 0 unspecified atom stereocenters. The monoisotopic (exact) mass is 383 g/mol. The number of aromatic nitrogens is 1. The van der Waals surface area contributed by atoms with Gasteiger partial charge in [-0.15, -0.1) is 0 Å². The summed E-state index contributed by atoms with van der Waals surface area (Å²) in [5, 5.41) is 23.6. The fourth-order valence-electron chi connectivity index (χ4n) is 2.97. The average molecular weight is 383 g/mol. The Balaban J connectivity index is 1.66. The number of carbonyl (C=O) groups is 1. The summed E-state index contributed by atoms with van der Waals surface area (Å²) in [7, 11) is 0. The van der Waals surface area contributed by atoms with Gasteiger partial charge in [-0.1, -0.05) is 48.5 Å². The number of rotatable bonds is 4. The highest BCUT2D eigenvalue weighted by Crippen LogP contribution is 2.25. The minimum atomic E-state index is -0.375. The fraction of sp³-hybridized carbons (Fsp3) is 0. The molecular weight excluding hydrogens is 366 g/mol. The van der Waals surface area contributed by atoms with E-state index in [1.165, 1.54) is 18.3 Å². The van der Waals surface area contributed by atoms with E-state index in [9.17, 15) is 15.0 Å². The van der Waals surface area contributed by atoms with Crippen molar-refractivity contribution in [3.63, 3.8) is 0 Å². The van der Waals surface area contributed by atoms with Gasteiger partial charge >= 0.3 is 0 Å². The van der Waals surface area contributed by atoms with Gasteiger partial charge in [0.25, 0.3) is 5.91 Å². The molecule has 1 amide bonds. The molecule has 29 heavy (non-hydrogen) atoms. The predicted octanol–water partition coefficient (Wildman–Crippen LogP) is 4.08. The zero-order valence-corrected chi connectivity index (χ0v) is 15.3. The maximum absolute atomic E-state index is 12.8. The molecule has 0 aliphatic carbocycles. The number of benzene rings is 3. The van der Waals surface area contributed by atoms with Gasteiger partial charge in [0, 0.05) is 10.9 Å². The van der Waals surface area contributed by atoms with Crippen molar-refractivity contribution in [1.29, 1.82) is 0 Å². The van der Waals surface area contributed by atoms with Gasteiger partial charge in [0.2, 0.25) is 0 Å². The lowest BCUT2D eigenvalue weighted by molar-refractivity contribution is 0.0956. The van der Waals surface area contributed by atoms with E-state index in [1.54, 1.807) is 12.1 Å². The molecule has 142 valence electrons. The van der Waals surface area contributed by atoms with Gasteiger partial charge in [0.05, 0.1) is 23.0 Å². The summed E-state index contributed by atoms with van der Waals surface area (Å²) >= 11 is 0. The van der Waals surface area contributed by atoms with Gasteiger partial charge in [0.1, 0.15) is 0 Å². The number of aromatic hydroxyl groups is 2. The van der Waals surface area contributed by atoms with E-state index in [4.69, 9.17) is 0 Å². The van der Waals surface area contributed by atoms with Crippen molar-refractivity contribution in [1.82, 2.24) is 10.4 Å². The number of hydrogen-bond acceptors (Lipinski definition) is 5. The van der Waals surface area contributed by atoms with Crippen molar-refractivity contribution in [3.05, 3.63) is 90.0 Å². The van der Waals surface area contributed by atoms with Crippen LogP contribution < -0.4 is 5.43 Å². The Kier molecular flexibility index (Phi) is 4.90. The van der Waals surface area contributed by atoms with Crippen molar-refractivity contribution >= 4 is 23.0 Å². The first-order chi connectivity index (χ1) is 14.1. The van der Waals surface area contributed by atoms with Crippen LogP contribution in [0.5, 0.6) is 11.5 Å². The molecule has 1 aromatic heterocycles. The first kappa shape index (κ1) is 18.2. The standard InChI is InChI=1S/C23H17N3O3/c27-21-11-10-15(12-22(21)28)14-24-26-23(29)18-13-20(16-6-2-1-3-7-16)25-19-9-5-4-8-17(18)19/h1-14,27-28H,(H,26,29)/b24-14-. The van der Waals surface area contributed by atoms with E-state index in [1.807, 2.05) is 54.6 Å². The summed E-state index contributed by atoms with van der Waals surface area (Å²) in [6.45, 7) is 0. The summed E-state index contributed by atoms with van der Waals surface area (Å²) in [6.07, 6.45) is 1.39. The molecule has 4 rings (SSSR count). The SMILES string of the molecule is O=C(N/N=C\c1ccc(O)c(O)c1)c1cc(-c2ccccc2)nc2ccccc12. The van der Waals surface area contributed by atoms with E-state index in [0.29, 0.717) is 22.3 Å². The molecule has 0 atom stereocenters. The summed E-state index contributed by atoms with van der Waals surface area (Å²) in [5.41, 5.74) is 5.82. The number of hydrazone groups is 1. The molecule has 0 aliphatic heterocycles. The lowest BCUT2D eigenvalue weighted by Gasteiger charge is -2.09. The maximum Gasteiger partial charge on any atom is 0.272 e. The number of amides is 1. The van der Waals surface area contributed by atoms with Gasteiger partial charge < -0.3 is 10.2 Å². The molecule has 0 fully saturated rings. The van der Waals surface area contributed by atoms with Crippen LogP contribution in [-0.4, -0.2) is 27.3 Å². The first-order valence-electron chi connectivity index (χ1n) is 8.92. The molecule has 0 spiro atoms. The Bertz CT molecular complexity index is 1220. The molecule has 0 saturated heterocycles. The van der Waals surface area contributed by atoms with Crippen LogP contribution in [0.25, 0.3) is 22.2 Å². The van der Waals surface area contributed by atoms with Gasteiger partial charge in [-0.05, 0) is 35.9 Å². The third-order valence-electron chi connectivity index (χ3n) is 4.41. The number of nitrogens with one attached hydrogen (secondary N) is 1. The second-order valence-corrected chi connectivity index (χ2v) is 6.39. The Hall–Kier alpha value is -4.19. The highest BCUT2D eigenvalue weighted by Gasteiger charge is 2.13. The smallest absolute Gasteiger partial charge is 0.272 e. The lowest BCUT2D eigenvalue weighted by atomic mass is 10.0. The summed E-state index contributed by atoms with van der Waals surface area (Å²) in [5.74, 6) is -0.851. The number of nitrogens with zero attached hydrogens (tertiary/aromatic N) is 2. The van der Waals surface area contributed by atoms with Gasteiger partial charge in [0.15, 0.2) is 11.5 Å².